The normalized spacial score (nSPS) is 12.7. The highest BCUT2D eigenvalue weighted by molar-refractivity contribution is 9.10. The minimum Gasteiger partial charge on any atom is -0.493 e. The summed E-state index contributed by atoms with van der Waals surface area (Å²) in [5, 5.41) is 3.42. The maximum Gasteiger partial charge on any atom is 0.255 e. The van der Waals surface area contributed by atoms with Crippen LogP contribution in [-0.4, -0.2) is 12.5 Å². The smallest absolute Gasteiger partial charge is 0.255 e. The van der Waals surface area contributed by atoms with E-state index in [1.165, 1.54) is 0 Å². The lowest BCUT2D eigenvalue weighted by molar-refractivity contribution is 0.102. The zero-order chi connectivity index (χ0) is 14.1. The topological polar surface area (TPSA) is 38.3 Å². The molecule has 1 aliphatic heterocycles. The Morgan fingerprint density at radius 2 is 2.10 bits per heavy atom. The maximum atomic E-state index is 12.3. The third-order valence-corrected chi connectivity index (χ3v) is 4.05. The lowest BCUT2D eigenvalue weighted by atomic mass is 10.1. The second-order valence-corrected chi connectivity index (χ2v) is 5.79. The number of carbonyl (C=O) groups is 1. The molecule has 5 heteroatoms. The molecule has 1 N–H and O–H groups in total. The van der Waals surface area contributed by atoms with Crippen LogP contribution in [0.1, 0.15) is 15.9 Å². The molecule has 0 aromatic heterocycles. The fourth-order valence-corrected chi connectivity index (χ4v) is 2.63. The summed E-state index contributed by atoms with van der Waals surface area (Å²) in [4.78, 5) is 12.3. The summed E-state index contributed by atoms with van der Waals surface area (Å²) in [7, 11) is 0. The monoisotopic (exact) mass is 351 g/mol. The van der Waals surface area contributed by atoms with Crippen molar-refractivity contribution in [3.63, 3.8) is 0 Å². The highest BCUT2D eigenvalue weighted by Gasteiger charge is 2.15. The first kappa shape index (κ1) is 13.5. The molecule has 1 aliphatic rings. The minimum atomic E-state index is -0.164. The number of halogens is 2. The molecule has 2 aromatic rings. The third-order valence-electron chi connectivity index (χ3n) is 3.13. The Labute approximate surface area is 130 Å². The Bertz CT molecular complexity index is 688. The van der Waals surface area contributed by atoms with Crippen LogP contribution in [0.2, 0.25) is 5.02 Å². The average molecular weight is 353 g/mol. The largest absolute Gasteiger partial charge is 0.493 e. The van der Waals surface area contributed by atoms with Crippen LogP contribution in [0.3, 0.4) is 0 Å². The van der Waals surface area contributed by atoms with Gasteiger partial charge in [-0.2, -0.15) is 0 Å². The van der Waals surface area contributed by atoms with Gasteiger partial charge in [0, 0.05) is 21.5 Å². The predicted octanol–water partition coefficient (Wildman–Crippen LogP) is 4.29. The van der Waals surface area contributed by atoms with Gasteiger partial charge in [0.1, 0.15) is 5.75 Å². The van der Waals surface area contributed by atoms with Gasteiger partial charge in [-0.25, -0.2) is 0 Å². The van der Waals surface area contributed by atoms with Crippen molar-refractivity contribution < 1.29 is 9.53 Å². The summed E-state index contributed by atoms with van der Waals surface area (Å²) in [6.07, 6.45) is 0.845. The number of ether oxygens (including phenoxy) is 1. The number of nitrogens with one attached hydrogen (secondary N) is 1. The number of hydrogen-bond acceptors (Lipinski definition) is 2. The molecule has 3 nitrogen and oxygen atoms in total. The first-order valence-electron chi connectivity index (χ1n) is 6.15. The average Bonchev–Trinajstić information content (AvgIpc) is 2.90. The molecule has 3 rings (SSSR count). The second-order valence-electron chi connectivity index (χ2n) is 4.50. The van der Waals surface area contributed by atoms with Crippen LogP contribution in [0.25, 0.3) is 0 Å². The number of amides is 1. The lowest BCUT2D eigenvalue weighted by Crippen LogP contribution is -2.12. The van der Waals surface area contributed by atoms with E-state index in [1.807, 2.05) is 12.1 Å². The van der Waals surface area contributed by atoms with Gasteiger partial charge in [0.2, 0.25) is 0 Å². The molecule has 1 heterocycles. The van der Waals surface area contributed by atoms with Crippen LogP contribution in [0.4, 0.5) is 5.69 Å². The second kappa shape index (κ2) is 5.46. The van der Waals surface area contributed by atoms with Gasteiger partial charge in [0.15, 0.2) is 0 Å². The van der Waals surface area contributed by atoms with Crippen molar-refractivity contribution in [2.24, 2.45) is 0 Å². The van der Waals surface area contributed by atoms with Gasteiger partial charge in [-0.1, -0.05) is 11.6 Å². The fourth-order valence-electron chi connectivity index (χ4n) is 2.12. The van der Waals surface area contributed by atoms with Gasteiger partial charge >= 0.3 is 0 Å². The zero-order valence-electron chi connectivity index (χ0n) is 10.5. The quantitative estimate of drug-likeness (QED) is 0.875. The summed E-state index contributed by atoms with van der Waals surface area (Å²) in [5.74, 6) is 0.702. The zero-order valence-corrected chi connectivity index (χ0v) is 12.8. The standard InChI is InChI=1S/C15H11BrClNO2/c16-12-3-2-11(17)8-13(12)18-15(19)10-1-4-14-9(7-10)5-6-20-14/h1-4,7-8H,5-6H2,(H,18,19). The maximum absolute atomic E-state index is 12.3. The molecule has 0 fully saturated rings. The van der Waals surface area contributed by atoms with E-state index in [0.717, 1.165) is 22.2 Å². The van der Waals surface area contributed by atoms with Crippen LogP contribution >= 0.6 is 27.5 Å². The molecule has 0 radical (unpaired) electrons. The summed E-state index contributed by atoms with van der Waals surface area (Å²) in [5.41, 5.74) is 2.34. The molecule has 0 spiro atoms. The van der Waals surface area contributed by atoms with Gasteiger partial charge in [0.05, 0.1) is 12.3 Å². The molecule has 0 unspecified atom stereocenters. The number of hydrogen-bond donors (Lipinski definition) is 1. The molecular weight excluding hydrogens is 342 g/mol. The van der Waals surface area contributed by atoms with Crippen LogP contribution in [0.15, 0.2) is 40.9 Å². The van der Waals surface area contributed by atoms with Crippen molar-refractivity contribution in [3.05, 3.63) is 57.0 Å². The van der Waals surface area contributed by atoms with Crippen LogP contribution < -0.4 is 10.1 Å². The first-order chi connectivity index (χ1) is 9.63. The number of rotatable bonds is 2. The van der Waals surface area contributed by atoms with E-state index in [0.29, 0.717) is 22.9 Å². The SMILES string of the molecule is O=C(Nc1cc(Cl)ccc1Br)c1ccc2c(c1)CCO2. The summed E-state index contributed by atoms with van der Waals surface area (Å²) < 4.78 is 6.22. The number of anilines is 1. The Balaban J connectivity index is 1.84. The first-order valence-corrected chi connectivity index (χ1v) is 7.33. The summed E-state index contributed by atoms with van der Waals surface area (Å²) >= 11 is 9.32. The molecule has 2 aromatic carbocycles. The molecule has 0 saturated carbocycles. The molecule has 0 saturated heterocycles. The molecular formula is C15H11BrClNO2. The molecule has 102 valence electrons. The van der Waals surface area contributed by atoms with Crippen molar-refractivity contribution in [3.8, 4) is 5.75 Å². The highest BCUT2D eigenvalue weighted by atomic mass is 79.9. The van der Waals surface area contributed by atoms with E-state index in [4.69, 9.17) is 16.3 Å². The molecule has 0 bridgehead atoms. The minimum absolute atomic E-state index is 0.164. The van der Waals surface area contributed by atoms with Crippen LogP contribution in [0, 0.1) is 0 Å². The number of carbonyl (C=O) groups excluding carboxylic acids is 1. The van der Waals surface area contributed by atoms with Gasteiger partial charge in [-0.15, -0.1) is 0 Å². The van der Waals surface area contributed by atoms with E-state index in [-0.39, 0.29) is 5.91 Å². The number of fused-ring (bicyclic) bond motifs is 1. The van der Waals surface area contributed by atoms with Crippen molar-refractivity contribution >= 4 is 39.1 Å². The van der Waals surface area contributed by atoms with Gasteiger partial charge in [-0.3, -0.25) is 4.79 Å². The van der Waals surface area contributed by atoms with Gasteiger partial charge < -0.3 is 10.1 Å². The third kappa shape index (κ3) is 2.67. The molecule has 1 amide bonds. The molecule has 20 heavy (non-hydrogen) atoms. The lowest BCUT2D eigenvalue weighted by Gasteiger charge is -2.08. The Morgan fingerprint density at radius 1 is 1.25 bits per heavy atom. The van der Waals surface area contributed by atoms with Crippen molar-refractivity contribution in [1.29, 1.82) is 0 Å². The Hall–Kier alpha value is -1.52. The number of benzene rings is 2. The van der Waals surface area contributed by atoms with Gasteiger partial charge in [0.25, 0.3) is 5.91 Å². The Kier molecular flexibility index (Phi) is 3.68. The van der Waals surface area contributed by atoms with E-state index < -0.39 is 0 Å². The highest BCUT2D eigenvalue weighted by Crippen LogP contribution is 2.28. The molecule has 0 atom stereocenters. The van der Waals surface area contributed by atoms with Gasteiger partial charge in [-0.05, 0) is 57.9 Å². The molecule has 0 aliphatic carbocycles. The van der Waals surface area contributed by atoms with Crippen molar-refractivity contribution in [2.75, 3.05) is 11.9 Å². The van der Waals surface area contributed by atoms with Crippen LogP contribution in [-0.2, 0) is 6.42 Å². The van der Waals surface area contributed by atoms with E-state index in [1.54, 1.807) is 24.3 Å². The predicted molar refractivity (Wildman–Crippen MR) is 82.7 cm³/mol. The van der Waals surface area contributed by atoms with Crippen molar-refractivity contribution in [1.82, 2.24) is 0 Å². The fraction of sp³-hybridized carbons (Fsp3) is 0.133. The van der Waals surface area contributed by atoms with Crippen LogP contribution in [0.5, 0.6) is 5.75 Å². The Morgan fingerprint density at radius 3 is 2.95 bits per heavy atom. The van der Waals surface area contributed by atoms with E-state index >= 15 is 0 Å². The van der Waals surface area contributed by atoms with E-state index in [9.17, 15) is 4.79 Å². The summed E-state index contributed by atoms with van der Waals surface area (Å²) in [6, 6.07) is 10.7. The van der Waals surface area contributed by atoms with E-state index in [2.05, 4.69) is 21.2 Å². The summed E-state index contributed by atoms with van der Waals surface area (Å²) in [6.45, 7) is 0.681. The van der Waals surface area contributed by atoms with Crippen molar-refractivity contribution in [2.45, 2.75) is 6.42 Å².